The Kier molecular flexibility index (Phi) is 5.75. The summed E-state index contributed by atoms with van der Waals surface area (Å²) in [5, 5.41) is 0. The molecule has 0 amide bonds. The van der Waals surface area contributed by atoms with Crippen molar-refractivity contribution in [3.05, 3.63) is 23.3 Å². The highest BCUT2D eigenvalue weighted by atomic mass is 16.5. The maximum Gasteiger partial charge on any atom is 0.340 e. The van der Waals surface area contributed by atoms with Crippen LogP contribution in [0.3, 0.4) is 0 Å². The zero-order valence-corrected chi connectivity index (χ0v) is 13.0. The molecule has 6 heteroatoms. The van der Waals surface area contributed by atoms with E-state index in [0.29, 0.717) is 24.2 Å². The molecule has 118 valence electrons. The normalized spacial score (nSPS) is 23.2. The number of rotatable bonds is 4. The van der Waals surface area contributed by atoms with E-state index in [2.05, 4.69) is 11.8 Å². The van der Waals surface area contributed by atoms with Crippen molar-refractivity contribution in [1.82, 2.24) is 0 Å². The largest absolute Gasteiger partial charge is 0.449 e. The van der Waals surface area contributed by atoms with E-state index in [4.69, 9.17) is 9.47 Å². The van der Waals surface area contributed by atoms with Gasteiger partial charge < -0.3 is 19.3 Å². The minimum Gasteiger partial charge on any atom is -0.449 e. The summed E-state index contributed by atoms with van der Waals surface area (Å²) in [4.78, 5) is 25.9. The Morgan fingerprint density at radius 2 is 1.36 bits per heavy atom. The molecule has 6 nitrogen and oxygen atoms in total. The average molecular weight is 306 g/mol. The molecule has 2 aliphatic heterocycles. The van der Waals surface area contributed by atoms with Crippen molar-refractivity contribution >= 4 is 11.9 Å². The van der Waals surface area contributed by atoms with Crippen LogP contribution in [0.5, 0.6) is 0 Å². The third-order valence-electron chi connectivity index (χ3n) is 3.58. The van der Waals surface area contributed by atoms with Crippen LogP contribution in [0.2, 0.25) is 0 Å². The van der Waals surface area contributed by atoms with Gasteiger partial charge in [-0.25, -0.2) is 9.59 Å². The van der Waals surface area contributed by atoms with Gasteiger partial charge in [-0.3, -0.25) is 0 Å². The quantitative estimate of drug-likeness (QED) is 0.429. The topological polar surface area (TPSA) is 61.5 Å². The van der Waals surface area contributed by atoms with Crippen LogP contribution in [-0.2, 0) is 19.1 Å². The van der Waals surface area contributed by atoms with Crippen molar-refractivity contribution in [2.75, 3.05) is 53.5 Å². The van der Waals surface area contributed by atoms with Crippen LogP contribution in [0.1, 0.15) is 0 Å². The summed E-state index contributed by atoms with van der Waals surface area (Å²) in [5.41, 5.74) is 1.40. The van der Waals surface area contributed by atoms with E-state index in [1.54, 1.807) is 0 Å². The highest BCUT2D eigenvalue weighted by Crippen LogP contribution is 1.99. The third kappa shape index (κ3) is 4.72. The molecular weight excluding hydrogens is 284 g/mol. The summed E-state index contributed by atoms with van der Waals surface area (Å²) >= 11 is 0. The lowest BCUT2D eigenvalue weighted by molar-refractivity contribution is -0.862. The maximum absolute atomic E-state index is 11.7. The van der Waals surface area contributed by atoms with Gasteiger partial charge in [0.1, 0.15) is 13.1 Å². The first-order valence-electron chi connectivity index (χ1n) is 7.37. The van der Waals surface area contributed by atoms with Crippen molar-refractivity contribution in [1.29, 1.82) is 0 Å². The second-order valence-electron chi connectivity index (χ2n) is 5.64. The predicted octanol–water partition coefficient (Wildman–Crippen LogP) is -3.01. The second kappa shape index (κ2) is 7.78. The minimum atomic E-state index is -0.315. The number of nitrogens with one attached hydrogen (secondary N) is 2. The summed E-state index contributed by atoms with van der Waals surface area (Å²) in [6, 6.07) is 0. The summed E-state index contributed by atoms with van der Waals surface area (Å²) in [7, 11) is 4.04. The van der Waals surface area contributed by atoms with E-state index >= 15 is 0 Å². The number of ether oxygens (including phenoxy) is 2. The summed E-state index contributed by atoms with van der Waals surface area (Å²) in [6.45, 7) is 3.10. The molecule has 2 heterocycles. The predicted molar refractivity (Wildman–Crippen MR) is 79.1 cm³/mol. The Bertz CT molecular complexity index is 520. The van der Waals surface area contributed by atoms with Crippen LogP contribution >= 0.6 is 0 Å². The molecule has 0 saturated heterocycles. The second-order valence-corrected chi connectivity index (χ2v) is 5.64. The Balaban J connectivity index is 1.61. The van der Waals surface area contributed by atoms with Crippen LogP contribution in [0.4, 0.5) is 0 Å². The summed E-state index contributed by atoms with van der Waals surface area (Å²) in [6.07, 6.45) is 3.78. The number of carbonyl (C=O) groups excluding carboxylic acids is 2. The first-order chi connectivity index (χ1) is 10.6. The fourth-order valence-electron chi connectivity index (χ4n) is 2.34. The molecule has 0 saturated carbocycles. The Morgan fingerprint density at radius 3 is 1.68 bits per heavy atom. The molecule has 0 aromatic heterocycles. The number of esters is 2. The highest BCUT2D eigenvalue weighted by molar-refractivity contribution is 5.89. The van der Waals surface area contributed by atoms with Gasteiger partial charge in [-0.15, -0.1) is 0 Å². The molecule has 0 aromatic carbocycles. The van der Waals surface area contributed by atoms with E-state index in [9.17, 15) is 9.59 Å². The summed E-state index contributed by atoms with van der Waals surface area (Å²) in [5.74, 6) is 4.72. The van der Waals surface area contributed by atoms with Crippen LogP contribution in [0.25, 0.3) is 0 Å². The van der Waals surface area contributed by atoms with E-state index in [1.807, 2.05) is 26.2 Å². The van der Waals surface area contributed by atoms with E-state index < -0.39 is 0 Å². The van der Waals surface area contributed by atoms with Gasteiger partial charge in [0.05, 0.1) is 38.3 Å². The Labute approximate surface area is 130 Å². The molecule has 2 N–H and O–H groups in total. The van der Waals surface area contributed by atoms with E-state index in [0.717, 1.165) is 13.1 Å². The molecule has 2 rings (SSSR count). The van der Waals surface area contributed by atoms with Gasteiger partial charge in [-0.05, 0) is 12.2 Å². The zero-order valence-electron chi connectivity index (χ0n) is 13.0. The molecule has 0 aromatic rings. The Morgan fingerprint density at radius 1 is 0.955 bits per heavy atom. The van der Waals surface area contributed by atoms with Crippen LogP contribution in [0, 0.1) is 11.8 Å². The lowest BCUT2D eigenvalue weighted by atomic mass is 10.3. The van der Waals surface area contributed by atoms with Crippen molar-refractivity contribution in [3.63, 3.8) is 0 Å². The smallest absolute Gasteiger partial charge is 0.340 e. The molecule has 0 aliphatic carbocycles. The number of likely N-dealkylation sites (N-methyl/N-ethyl adjacent to an activating group) is 2. The fraction of sp³-hybridized carbons (Fsp3) is 0.500. The van der Waals surface area contributed by atoms with Gasteiger partial charge in [0.15, 0.2) is 13.2 Å². The molecule has 0 spiro atoms. The maximum atomic E-state index is 11.7. The minimum absolute atomic E-state index is 0.0162. The lowest BCUT2D eigenvalue weighted by Crippen LogP contribution is -3.07. The van der Waals surface area contributed by atoms with Crippen molar-refractivity contribution in [2.45, 2.75) is 0 Å². The van der Waals surface area contributed by atoms with Gasteiger partial charge in [0.2, 0.25) is 0 Å². The van der Waals surface area contributed by atoms with Crippen LogP contribution in [-0.4, -0.2) is 65.4 Å². The SMILES string of the molecule is C[NH+]1CC=C(C(=O)OCC#CCOC(=O)C2=CC[NH+](C)C2)C1. The molecule has 0 radical (unpaired) electrons. The summed E-state index contributed by atoms with van der Waals surface area (Å²) < 4.78 is 10.1. The molecule has 2 atom stereocenters. The molecular formula is C16H22N2O4+2. The molecule has 2 aliphatic rings. The third-order valence-corrected chi connectivity index (χ3v) is 3.58. The first-order valence-corrected chi connectivity index (χ1v) is 7.37. The Hall–Kier alpha value is -2.10. The van der Waals surface area contributed by atoms with Gasteiger partial charge in [0, 0.05) is 0 Å². The number of hydrogen-bond acceptors (Lipinski definition) is 4. The van der Waals surface area contributed by atoms with Crippen LogP contribution in [0.15, 0.2) is 23.3 Å². The van der Waals surface area contributed by atoms with E-state index in [1.165, 1.54) is 9.80 Å². The fourth-order valence-corrected chi connectivity index (χ4v) is 2.34. The lowest BCUT2D eigenvalue weighted by Gasteiger charge is -2.04. The van der Waals surface area contributed by atoms with Crippen molar-refractivity contribution in [2.24, 2.45) is 0 Å². The number of carbonyl (C=O) groups is 2. The number of quaternary nitrogens is 2. The molecule has 0 fully saturated rings. The number of hydrogen-bond donors (Lipinski definition) is 2. The standard InChI is InChI=1S/C16H20N2O4/c1-17-7-5-13(11-17)15(19)21-9-3-4-10-22-16(20)14-6-8-18(2)12-14/h5-6H,7-12H2,1-2H3/p+2. The van der Waals surface area contributed by atoms with Crippen molar-refractivity contribution < 1.29 is 28.9 Å². The van der Waals surface area contributed by atoms with E-state index in [-0.39, 0.29) is 25.2 Å². The van der Waals surface area contributed by atoms with Gasteiger partial charge in [-0.2, -0.15) is 0 Å². The molecule has 22 heavy (non-hydrogen) atoms. The van der Waals surface area contributed by atoms with Gasteiger partial charge >= 0.3 is 11.9 Å². The average Bonchev–Trinajstić information content (AvgIpc) is 3.11. The zero-order chi connectivity index (χ0) is 15.9. The first kappa shape index (κ1) is 16.3. The van der Waals surface area contributed by atoms with Gasteiger partial charge in [-0.1, -0.05) is 11.8 Å². The molecule has 2 unspecified atom stereocenters. The molecule has 0 bridgehead atoms. The van der Waals surface area contributed by atoms with Crippen molar-refractivity contribution in [3.8, 4) is 11.8 Å². The highest BCUT2D eigenvalue weighted by Gasteiger charge is 2.21. The monoisotopic (exact) mass is 306 g/mol. The van der Waals surface area contributed by atoms with Crippen LogP contribution < -0.4 is 9.80 Å². The van der Waals surface area contributed by atoms with Gasteiger partial charge in [0.25, 0.3) is 0 Å².